The fraction of sp³-hybridized carbons (Fsp3) is 0.241. The molecule has 2 amide bonds. The Hall–Kier alpha value is -4.64. The van der Waals surface area contributed by atoms with E-state index in [1.165, 1.54) is 0 Å². The monoisotopic (exact) mass is 496 g/mol. The number of likely N-dealkylation sites (tertiary alicyclic amines) is 1. The van der Waals surface area contributed by atoms with Gasteiger partial charge in [-0.05, 0) is 50.0 Å². The van der Waals surface area contributed by atoms with Crippen molar-refractivity contribution in [3.63, 3.8) is 0 Å². The van der Waals surface area contributed by atoms with Gasteiger partial charge in [0.2, 0.25) is 0 Å². The summed E-state index contributed by atoms with van der Waals surface area (Å²) in [4.78, 5) is 35.9. The summed E-state index contributed by atoms with van der Waals surface area (Å²) in [6.45, 7) is 14.1. The smallest absolute Gasteiger partial charge is 0.299 e. The van der Waals surface area contributed by atoms with Crippen molar-refractivity contribution >= 4 is 29.5 Å². The molecule has 1 unspecified atom stereocenters. The molecular weight excluding hydrogens is 464 g/mol. The quantitative estimate of drug-likeness (QED) is 0.470. The normalized spacial score (nSPS) is 14.0. The molecule has 37 heavy (non-hydrogen) atoms. The van der Waals surface area contributed by atoms with Gasteiger partial charge in [-0.15, -0.1) is 0 Å². The number of carbonyl (C=O) groups is 2. The van der Waals surface area contributed by atoms with E-state index in [-0.39, 0.29) is 17.9 Å². The zero-order valence-corrected chi connectivity index (χ0v) is 21.5. The highest BCUT2D eigenvalue weighted by atomic mass is 16.2. The molecule has 0 bridgehead atoms. The number of nitrogens with two attached hydrogens (primary N) is 1. The van der Waals surface area contributed by atoms with Gasteiger partial charge in [0.05, 0.1) is 23.1 Å². The molecule has 3 heterocycles. The lowest BCUT2D eigenvalue weighted by Gasteiger charge is -2.22. The van der Waals surface area contributed by atoms with Crippen molar-refractivity contribution in [2.75, 3.05) is 11.9 Å². The van der Waals surface area contributed by atoms with Gasteiger partial charge in [0.1, 0.15) is 11.6 Å². The molecule has 8 heteroatoms. The molecule has 0 saturated carbocycles. The fourth-order valence-electron chi connectivity index (χ4n) is 4.24. The minimum atomic E-state index is -0.270. The first-order valence-corrected chi connectivity index (χ1v) is 12.2. The van der Waals surface area contributed by atoms with E-state index >= 15 is 0 Å². The molecule has 0 aliphatic carbocycles. The first kappa shape index (κ1) is 27.0. The number of imidazole rings is 1. The molecule has 0 spiro atoms. The van der Waals surface area contributed by atoms with Crippen molar-refractivity contribution in [1.82, 2.24) is 19.4 Å². The molecule has 1 aliphatic heterocycles. The van der Waals surface area contributed by atoms with E-state index in [9.17, 15) is 9.59 Å². The number of hydrogen-bond acceptors (Lipinski definition) is 5. The Kier molecular flexibility index (Phi) is 9.00. The highest BCUT2D eigenvalue weighted by Crippen LogP contribution is 2.36. The lowest BCUT2D eigenvalue weighted by atomic mass is 10.1. The van der Waals surface area contributed by atoms with Crippen LogP contribution in [0, 0.1) is 11.8 Å². The van der Waals surface area contributed by atoms with E-state index in [1.54, 1.807) is 71.3 Å². The van der Waals surface area contributed by atoms with Gasteiger partial charge in [-0.3, -0.25) is 9.59 Å². The van der Waals surface area contributed by atoms with Crippen LogP contribution in [0.1, 0.15) is 61.5 Å². The van der Waals surface area contributed by atoms with Crippen LogP contribution in [0.2, 0.25) is 0 Å². The van der Waals surface area contributed by atoms with Crippen LogP contribution in [0.4, 0.5) is 5.82 Å². The maximum absolute atomic E-state index is 12.6. The number of aromatic nitrogens is 3. The van der Waals surface area contributed by atoms with Gasteiger partial charge >= 0.3 is 0 Å². The Morgan fingerprint density at radius 2 is 1.92 bits per heavy atom. The highest BCUT2D eigenvalue weighted by molar-refractivity contribution is 6.04. The van der Waals surface area contributed by atoms with Gasteiger partial charge in [-0.25, -0.2) is 9.97 Å². The van der Waals surface area contributed by atoms with Gasteiger partial charge in [0.15, 0.2) is 0 Å². The third-order valence-corrected chi connectivity index (χ3v) is 5.80. The van der Waals surface area contributed by atoms with Crippen LogP contribution in [0.25, 0.3) is 23.2 Å². The number of amides is 2. The van der Waals surface area contributed by atoms with Crippen LogP contribution in [0.3, 0.4) is 0 Å². The Balaban J connectivity index is 0.00000186. The fourth-order valence-corrected chi connectivity index (χ4v) is 4.24. The van der Waals surface area contributed by atoms with E-state index in [0.29, 0.717) is 40.8 Å². The Morgan fingerprint density at radius 1 is 1.19 bits per heavy atom. The number of anilines is 1. The number of hydrogen-bond donors (Lipinski definition) is 2. The maximum atomic E-state index is 12.6. The van der Waals surface area contributed by atoms with E-state index in [1.807, 2.05) is 13.8 Å². The zero-order valence-electron chi connectivity index (χ0n) is 21.5. The van der Waals surface area contributed by atoms with E-state index in [4.69, 9.17) is 10.7 Å². The van der Waals surface area contributed by atoms with Gasteiger partial charge in [0, 0.05) is 30.1 Å². The van der Waals surface area contributed by atoms with Crippen LogP contribution in [0.15, 0.2) is 61.8 Å². The van der Waals surface area contributed by atoms with Crippen molar-refractivity contribution in [2.24, 2.45) is 5.73 Å². The third kappa shape index (κ3) is 5.78. The number of nitrogens with one attached hydrogen (secondary N) is 1. The van der Waals surface area contributed by atoms with E-state index < -0.39 is 0 Å². The number of pyridine rings is 1. The highest BCUT2D eigenvalue weighted by Gasteiger charge is 2.34. The van der Waals surface area contributed by atoms with Crippen molar-refractivity contribution in [1.29, 1.82) is 0 Å². The summed E-state index contributed by atoms with van der Waals surface area (Å²) < 4.78 is 1.79. The number of nitrogens with zero attached hydrogens (tertiary/aromatic N) is 4. The van der Waals surface area contributed by atoms with Gasteiger partial charge in [-0.2, -0.15) is 0 Å². The molecule has 0 radical (unpaired) electrons. The molecule has 1 saturated heterocycles. The molecule has 1 atom stereocenters. The zero-order chi connectivity index (χ0) is 26.9. The molecule has 190 valence electrons. The summed E-state index contributed by atoms with van der Waals surface area (Å²) >= 11 is 0. The lowest BCUT2D eigenvalue weighted by molar-refractivity contribution is -0.126. The van der Waals surface area contributed by atoms with Gasteiger partial charge < -0.3 is 20.5 Å². The molecule has 3 aromatic rings. The van der Waals surface area contributed by atoms with Crippen molar-refractivity contribution in [2.45, 2.75) is 39.7 Å². The van der Waals surface area contributed by atoms with Crippen molar-refractivity contribution in [3.8, 4) is 23.1 Å². The first-order chi connectivity index (χ1) is 17.9. The predicted molar refractivity (Wildman–Crippen MR) is 148 cm³/mol. The van der Waals surface area contributed by atoms with E-state index in [0.717, 1.165) is 18.4 Å². The average Bonchev–Trinajstić information content (AvgIpc) is 3.55. The number of carbonyl (C=O) groups excluding carboxylic acids is 2. The largest absolute Gasteiger partial charge is 0.397 e. The maximum Gasteiger partial charge on any atom is 0.299 e. The first-order valence-electron chi connectivity index (χ1n) is 12.2. The van der Waals surface area contributed by atoms with Crippen LogP contribution in [-0.4, -0.2) is 37.8 Å². The lowest BCUT2D eigenvalue weighted by Crippen LogP contribution is -2.30. The molecule has 3 N–H and O–H groups in total. The SMILES string of the molecule is C=Cn1c(C2CCCN2C(=O)C#CC)nc(-c2ccc(C(=O)Nc3ccccn3)cc2)c1C(=C)N.CC. The number of benzene rings is 1. The summed E-state index contributed by atoms with van der Waals surface area (Å²) in [5, 5.41) is 2.77. The second kappa shape index (κ2) is 12.4. The third-order valence-electron chi connectivity index (χ3n) is 5.80. The molecule has 2 aromatic heterocycles. The van der Waals surface area contributed by atoms with Crippen LogP contribution >= 0.6 is 0 Å². The summed E-state index contributed by atoms with van der Waals surface area (Å²) in [7, 11) is 0. The van der Waals surface area contributed by atoms with E-state index in [2.05, 4.69) is 35.3 Å². The van der Waals surface area contributed by atoms with Crippen molar-refractivity contribution in [3.05, 3.63) is 78.9 Å². The Bertz CT molecular complexity index is 1350. The summed E-state index contributed by atoms with van der Waals surface area (Å²) in [5.41, 5.74) is 8.92. The second-order valence-corrected chi connectivity index (χ2v) is 8.02. The summed E-state index contributed by atoms with van der Waals surface area (Å²) in [6, 6.07) is 12.1. The van der Waals surface area contributed by atoms with Crippen LogP contribution in [-0.2, 0) is 4.79 Å². The molecular formula is C29H32N6O2. The average molecular weight is 497 g/mol. The molecule has 1 aromatic carbocycles. The minimum Gasteiger partial charge on any atom is -0.397 e. The molecule has 1 aliphatic rings. The summed E-state index contributed by atoms with van der Waals surface area (Å²) in [5.74, 6) is 5.92. The van der Waals surface area contributed by atoms with Crippen LogP contribution < -0.4 is 11.1 Å². The summed E-state index contributed by atoms with van der Waals surface area (Å²) in [6.07, 6.45) is 4.84. The Morgan fingerprint density at radius 3 is 2.51 bits per heavy atom. The van der Waals surface area contributed by atoms with Crippen LogP contribution in [0.5, 0.6) is 0 Å². The second-order valence-electron chi connectivity index (χ2n) is 8.02. The Labute approximate surface area is 217 Å². The van der Waals surface area contributed by atoms with Crippen molar-refractivity contribution < 1.29 is 9.59 Å². The molecule has 4 rings (SSSR count). The predicted octanol–water partition coefficient (Wildman–Crippen LogP) is 4.94. The van der Waals surface area contributed by atoms with Gasteiger partial charge in [0.25, 0.3) is 11.8 Å². The number of rotatable bonds is 6. The van der Waals surface area contributed by atoms with Gasteiger partial charge in [-0.1, -0.05) is 51.1 Å². The standard InChI is InChI=1S/C27H26N6O2.C2H6/c1-4-9-23(34)33-17-8-10-21(33)26-31-24(25(18(3)28)32(26)5-2)19-12-14-20(15-13-19)27(35)30-22-11-6-7-16-29-22;1-2/h5-7,11-16,21H,2-3,8,10,17,28H2,1H3,(H,29,30,35);1-2H3. The topological polar surface area (TPSA) is 106 Å². The molecule has 1 fully saturated rings. The minimum absolute atomic E-state index is 0.230. The molecule has 8 nitrogen and oxygen atoms in total.